The first-order valence-electron chi connectivity index (χ1n) is 6.55. The number of hydrogen-bond donors (Lipinski definition) is 1. The van der Waals surface area contributed by atoms with E-state index in [4.69, 9.17) is 19.1 Å². The van der Waals surface area contributed by atoms with Gasteiger partial charge in [-0.1, -0.05) is 5.16 Å². The topological polar surface area (TPSA) is 102 Å². The molecule has 0 saturated carbocycles. The maximum absolute atomic E-state index is 12.0. The molecular formula is C13H18N2O6. The van der Waals surface area contributed by atoms with E-state index < -0.39 is 23.8 Å². The number of aromatic nitrogens is 1. The molecule has 1 amide bonds. The minimum absolute atomic E-state index is 0.0639. The molecule has 21 heavy (non-hydrogen) atoms. The fourth-order valence-electron chi connectivity index (χ4n) is 1.94. The Hall–Kier alpha value is -2.09. The number of carbonyl (C=O) groups excluding carboxylic acids is 1. The molecular weight excluding hydrogens is 280 g/mol. The zero-order chi connectivity index (χ0) is 15.6. The molecule has 1 unspecified atom stereocenters. The van der Waals surface area contributed by atoms with Gasteiger partial charge >= 0.3 is 12.1 Å². The van der Waals surface area contributed by atoms with Crippen LogP contribution in [0.25, 0.3) is 0 Å². The van der Waals surface area contributed by atoms with Gasteiger partial charge < -0.3 is 24.0 Å². The summed E-state index contributed by atoms with van der Waals surface area (Å²) < 4.78 is 15.7. The SMILES string of the molecule is CC(C)(C)OC(=O)N1CCOC(c2oncc2C(=O)O)C1. The highest BCUT2D eigenvalue weighted by Crippen LogP contribution is 2.26. The molecule has 1 aromatic heterocycles. The molecule has 0 spiro atoms. The highest BCUT2D eigenvalue weighted by atomic mass is 16.6. The van der Waals surface area contributed by atoms with Crippen LogP contribution in [0.4, 0.5) is 4.79 Å². The average molecular weight is 298 g/mol. The summed E-state index contributed by atoms with van der Waals surface area (Å²) in [4.78, 5) is 24.6. The Morgan fingerprint density at radius 1 is 1.48 bits per heavy atom. The molecule has 2 heterocycles. The van der Waals surface area contributed by atoms with E-state index in [2.05, 4.69) is 5.16 Å². The molecule has 1 fully saturated rings. The van der Waals surface area contributed by atoms with E-state index in [9.17, 15) is 9.59 Å². The van der Waals surface area contributed by atoms with E-state index in [1.165, 1.54) is 4.90 Å². The van der Waals surface area contributed by atoms with Gasteiger partial charge in [-0.15, -0.1) is 0 Å². The number of rotatable bonds is 2. The number of carboxylic acids is 1. The zero-order valence-corrected chi connectivity index (χ0v) is 12.2. The predicted molar refractivity (Wildman–Crippen MR) is 70.0 cm³/mol. The summed E-state index contributed by atoms with van der Waals surface area (Å²) in [5.74, 6) is -1.04. The molecule has 2 rings (SSSR count). The normalized spacial score (nSPS) is 19.4. The van der Waals surface area contributed by atoms with Crippen molar-refractivity contribution in [2.45, 2.75) is 32.5 Å². The van der Waals surface area contributed by atoms with Crippen LogP contribution in [-0.4, -0.2) is 52.5 Å². The number of carboxylic acid groups (broad SMARTS) is 1. The molecule has 0 aliphatic carbocycles. The van der Waals surface area contributed by atoms with Gasteiger partial charge in [-0.3, -0.25) is 0 Å². The summed E-state index contributed by atoms with van der Waals surface area (Å²) in [5, 5.41) is 12.5. The molecule has 1 aliphatic rings. The molecule has 1 aromatic rings. The van der Waals surface area contributed by atoms with Gasteiger partial charge in [-0.2, -0.15) is 0 Å². The second kappa shape index (κ2) is 5.72. The van der Waals surface area contributed by atoms with Gasteiger partial charge in [-0.25, -0.2) is 9.59 Å². The van der Waals surface area contributed by atoms with Crippen molar-refractivity contribution in [3.63, 3.8) is 0 Å². The lowest BCUT2D eigenvalue weighted by molar-refractivity contribution is -0.0521. The van der Waals surface area contributed by atoms with Gasteiger partial charge in [0.1, 0.15) is 17.3 Å². The van der Waals surface area contributed by atoms with Crippen LogP contribution >= 0.6 is 0 Å². The molecule has 0 radical (unpaired) electrons. The van der Waals surface area contributed by atoms with Crippen molar-refractivity contribution in [1.29, 1.82) is 0 Å². The summed E-state index contributed by atoms with van der Waals surface area (Å²) in [6.07, 6.45) is -0.0139. The van der Waals surface area contributed by atoms with Gasteiger partial charge in [0.25, 0.3) is 0 Å². The maximum Gasteiger partial charge on any atom is 0.410 e. The number of ether oxygens (including phenoxy) is 2. The van der Waals surface area contributed by atoms with Crippen LogP contribution in [0.1, 0.15) is 43.0 Å². The summed E-state index contributed by atoms with van der Waals surface area (Å²) in [6.45, 7) is 6.14. The first-order valence-corrected chi connectivity index (χ1v) is 6.55. The number of nitrogens with zero attached hydrogens (tertiary/aromatic N) is 2. The van der Waals surface area contributed by atoms with Crippen molar-refractivity contribution in [2.75, 3.05) is 19.7 Å². The van der Waals surface area contributed by atoms with Gasteiger partial charge in [0, 0.05) is 6.54 Å². The molecule has 1 aliphatic heterocycles. The Morgan fingerprint density at radius 3 is 2.81 bits per heavy atom. The smallest absolute Gasteiger partial charge is 0.410 e. The van der Waals surface area contributed by atoms with Crippen molar-refractivity contribution in [1.82, 2.24) is 10.1 Å². The van der Waals surface area contributed by atoms with Crippen LogP contribution in [0.5, 0.6) is 0 Å². The standard InChI is InChI=1S/C13H18N2O6/c1-13(2,3)20-12(18)15-4-5-19-9(7-15)10-8(11(16)17)6-14-21-10/h6,9H,4-5,7H2,1-3H3,(H,16,17). The maximum atomic E-state index is 12.0. The molecule has 116 valence electrons. The fourth-order valence-corrected chi connectivity index (χ4v) is 1.94. The van der Waals surface area contributed by atoms with E-state index in [1.54, 1.807) is 20.8 Å². The predicted octanol–water partition coefficient (Wildman–Crippen LogP) is 1.68. The van der Waals surface area contributed by atoms with Gasteiger partial charge in [0.15, 0.2) is 5.76 Å². The lowest BCUT2D eigenvalue weighted by atomic mass is 10.1. The van der Waals surface area contributed by atoms with E-state index in [0.717, 1.165) is 6.20 Å². The Labute approximate surface area is 121 Å². The molecule has 0 bridgehead atoms. The monoisotopic (exact) mass is 298 g/mol. The van der Waals surface area contributed by atoms with Crippen LogP contribution in [0, 0.1) is 0 Å². The molecule has 0 aromatic carbocycles. The minimum Gasteiger partial charge on any atom is -0.478 e. The number of morpholine rings is 1. The molecule has 8 nitrogen and oxygen atoms in total. The first kappa shape index (κ1) is 15.3. The van der Waals surface area contributed by atoms with Crippen molar-refractivity contribution < 1.29 is 28.7 Å². The van der Waals surface area contributed by atoms with Crippen LogP contribution < -0.4 is 0 Å². The molecule has 1 atom stereocenters. The highest BCUT2D eigenvalue weighted by molar-refractivity contribution is 5.88. The van der Waals surface area contributed by atoms with Crippen molar-refractivity contribution >= 4 is 12.1 Å². The first-order chi connectivity index (χ1) is 9.78. The Balaban J connectivity index is 2.09. The van der Waals surface area contributed by atoms with Crippen molar-refractivity contribution in [3.05, 3.63) is 17.5 Å². The lowest BCUT2D eigenvalue weighted by Crippen LogP contribution is -2.44. The van der Waals surface area contributed by atoms with Gasteiger partial charge in [0.05, 0.1) is 19.3 Å². The summed E-state index contributed by atoms with van der Waals surface area (Å²) >= 11 is 0. The Morgan fingerprint density at radius 2 is 2.19 bits per heavy atom. The van der Waals surface area contributed by atoms with E-state index in [-0.39, 0.29) is 24.5 Å². The van der Waals surface area contributed by atoms with Crippen LogP contribution in [0.2, 0.25) is 0 Å². The Bertz CT molecular complexity index is 533. The molecule has 8 heteroatoms. The third-order valence-electron chi connectivity index (χ3n) is 2.84. The number of carbonyl (C=O) groups is 2. The second-order valence-electron chi connectivity index (χ2n) is 5.69. The van der Waals surface area contributed by atoms with E-state index >= 15 is 0 Å². The highest BCUT2D eigenvalue weighted by Gasteiger charge is 2.33. The summed E-state index contributed by atoms with van der Waals surface area (Å²) in [5.41, 5.74) is -0.658. The van der Waals surface area contributed by atoms with Crippen LogP contribution in [0.15, 0.2) is 10.7 Å². The third kappa shape index (κ3) is 3.72. The number of aromatic carboxylic acids is 1. The zero-order valence-electron chi connectivity index (χ0n) is 12.2. The largest absolute Gasteiger partial charge is 0.478 e. The van der Waals surface area contributed by atoms with Gasteiger partial charge in [-0.05, 0) is 20.8 Å². The Kier molecular flexibility index (Phi) is 4.17. The lowest BCUT2D eigenvalue weighted by Gasteiger charge is -2.33. The van der Waals surface area contributed by atoms with Crippen LogP contribution in [0.3, 0.4) is 0 Å². The quantitative estimate of drug-likeness (QED) is 0.886. The second-order valence-corrected chi connectivity index (χ2v) is 5.69. The van der Waals surface area contributed by atoms with E-state index in [0.29, 0.717) is 6.54 Å². The summed E-state index contributed by atoms with van der Waals surface area (Å²) in [7, 11) is 0. The van der Waals surface area contributed by atoms with Crippen LogP contribution in [-0.2, 0) is 9.47 Å². The van der Waals surface area contributed by atoms with Crippen molar-refractivity contribution in [2.24, 2.45) is 0 Å². The number of amides is 1. The fraction of sp³-hybridized carbons (Fsp3) is 0.615. The summed E-state index contributed by atoms with van der Waals surface area (Å²) in [6, 6.07) is 0. The third-order valence-corrected chi connectivity index (χ3v) is 2.84. The van der Waals surface area contributed by atoms with Gasteiger partial charge in [0.2, 0.25) is 0 Å². The molecule has 1 N–H and O–H groups in total. The molecule has 1 saturated heterocycles. The van der Waals surface area contributed by atoms with Crippen molar-refractivity contribution in [3.8, 4) is 0 Å². The van der Waals surface area contributed by atoms with E-state index in [1.807, 2.05) is 0 Å². The number of hydrogen-bond acceptors (Lipinski definition) is 6. The average Bonchev–Trinajstić information content (AvgIpc) is 2.86. The minimum atomic E-state index is -1.15.